The molecular weight excluding hydrogens is 246 g/mol. The first-order valence-electron chi connectivity index (χ1n) is 5.78. The molecule has 1 aromatic heterocycles. The molecule has 96 valence electrons. The molecule has 0 amide bonds. The smallest absolute Gasteiger partial charge is 0.231 e. The third kappa shape index (κ3) is 2.35. The lowest BCUT2D eigenvalue weighted by Gasteiger charge is -2.09. The van der Waals surface area contributed by atoms with E-state index in [1.54, 1.807) is 18.3 Å². The van der Waals surface area contributed by atoms with E-state index < -0.39 is 0 Å². The van der Waals surface area contributed by atoms with E-state index >= 15 is 0 Å². The first-order valence-corrected chi connectivity index (χ1v) is 5.78. The molecule has 1 aliphatic heterocycles. The highest BCUT2D eigenvalue weighted by atomic mass is 16.7. The van der Waals surface area contributed by atoms with Gasteiger partial charge in [0, 0.05) is 12.3 Å². The molecule has 1 aromatic carbocycles. The van der Waals surface area contributed by atoms with Gasteiger partial charge in [0.1, 0.15) is 12.4 Å². The van der Waals surface area contributed by atoms with E-state index in [-0.39, 0.29) is 6.79 Å². The van der Waals surface area contributed by atoms with Crippen molar-refractivity contribution >= 4 is 6.29 Å². The van der Waals surface area contributed by atoms with Crippen LogP contribution in [0.4, 0.5) is 0 Å². The number of hydrogen-bond donors (Lipinski definition) is 0. The van der Waals surface area contributed by atoms with Gasteiger partial charge >= 0.3 is 0 Å². The number of pyridine rings is 1. The zero-order valence-corrected chi connectivity index (χ0v) is 10.0. The van der Waals surface area contributed by atoms with E-state index in [1.807, 2.05) is 18.2 Å². The molecule has 0 saturated carbocycles. The van der Waals surface area contributed by atoms with Crippen LogP contribution in [-0.2, 0) is 6.61 Å². The number of rotatable bonds is 4. The molecule has 0 spiro atoms. The van der Waals surface area contributed by atoms with E-state index in [1.165, 1.54) is 0 Å². The number of benzene rings is 1. The molecule has 0 atom stereocenters. The van der Waals surface area contributed by atoms with Crippen molar-refractivity contribution in [1.82, 2.24) is 4.98 Å². The summed E-state index contributed by atoms with van der Waals surface area (Å²) in [5, 5.41) is 0. The number of carbonyl (C=O) groups is 1. The van der Waals surface area contributed by atoms with Gasteiger partial charge in [-0.2, -0.15) is 0 Å². The highest BCUT2D eigenvalue weighted by molar-refractivity contribution is 5.81. The number of ether oxygens (including phenoxy) is 3. The van der Waals surface area contributed by atoms with E-state index in [2.05, 4.69) is 4.98 Å². The Balaban J connectivity index is 1.82. The number of nitrogens with zero attached hydrogens (tertiary/aromatic N) is 1. The van der Waals surface area contributed by atoms with E-state index in [4.69, 9.17) is 14.2 Å². The third-order valence-electron chi connectivity index (χ3n) is 2.73. The topological polar surface area (TPSA) is 57.7 Å². The summed E-state index contributed by atoms with van der Waals surface area (Å²) in [6, 6.07) is 8.85. The molecule has 19 heavy (non-hydrogen) atoms. The molecule has 2 aromatic rings. The van der Waals surface area contributed by atoms with E-state index in [9.17, 15) is 4.79 Å². The Hall–Kier alpha value is -2.56. The average Bonchev–Trinajstić information content (AvgIpc) is 2.92. The summed E-state index contributed by atoms with van der Waals surface area (Å²) in [4.78, 5) is 15.2. The second-order valence-corrected chi connectivity index (χ2v) is 3.97. The molecule has 1 aliphatic rings. The van der Waals surface area contributed by atoms with Crippen LogP contribution in [0.5, 0.6) is 17.2 Å². The molecule has 2 heterocycles. The highest BCUT2D eigenvalue weighted by Crippen LogP contribution is 2.37. The van der Waals surface area contributed by atoms with Crippen molar-refractivity contribution in [2.24, 2.45) is 0 Å². The van der Waals surface area contributed by atoms with Crippen LogP contribution in [0.2, 0.25) is 0 Å². The molecule has 3 rings (SSSR count). The fourth-order valence-corrected chi connectivity index (χ4v) is 1.79. The van der Waals surface area contributed by atoms with Crippen molar-refractivity contribution in [3.05, 3.63) is 47.8 Å². The van der Waals surface area contributed by atoms with Crippen molar-refractivity contribution < 1.29 is 19.0 Å². The number of carbonyl (C=O) groups excluding carboxylic acids is 1. The highest BCUT2D eigenvalue weighted by Gasteiger charge is 2.17. The monoisotopic (exact) mass is 257 g/mol. The first kappa shape index (κ1) is 11.5. The number of hydrogen-bond acceptors (Lipinski definition) is 5. The van der Waals surface area contributed by atoms with Crippen LogP contribution in [0, 0.1) is 0 Å². The van der Waals surface area contributed by atoms with Gasteiger partial charge < -0.3 is 14.2 Å². The van der Waals surface area contributed by atoms with Crippen LogP contribution in [-0.4, -0.2) is 18.1 Å². The Kier molecular flexibility index (Phi) is 3.02. The lowest BCUT2D eigenvalue weighted by molar-refractivity contribution is 0.111. The minimum absolute atomic E-state index is 0.164. The molecule has 0 radical (unpaired) electrons. The average molecular weight is 257 g/mol. The van der Waals surface area contributed by atoms with Gasteiger partial charge in [-0.15, -0.1) is 0 Å². The summed E-state index contributed by atoms with van der Waals surface area (Å²) < 4.78 is 16.1. The molecule has 0 N–H and O–H groups in total. The number of aromatic nitrogens is 1. The molecule has 0 bridgehead atoms. The van der Waals surface area contributed by atoms with E-state index in [0.29, 0.717) is 29.4 Å². The molecule has 0 unspecified atom stereocenters. The predicted octanol–water partition coefficient (Wildman–Crippen LogP) is 2.20. The molecule has 5 heteroatoms. The zero-order valence-electron chi connectivity index (χ0n) is 10.0. The largest absolute Gasteiger partial charge is 0.486 e. The number of fused-ring (bicyclic) bond motifs is 1. The van der Waals surface area contributed by atoms with Gasteiger partial charge in [-0.1, -0.05) is 6.07 Å². The predicted molar refractivity (Wildman–Crippen MR) is 66.5 cm³/mol. The van der Waals surface area contributed by atoms with E-state index in [0.717, 1.165) is 12.0 Å². The Bertz CT molecular complexity index is 598. The van der Waals surface area contributed by atoms with Gasteiger partial charge in [0.25, 0.3) is 0 Å². The summed E-state index contributed by atoms with van der Waals surface area (Å²) in [5.74, 6) is 1.61. The third-order valence-corrected chi connectivity index (χ3v) is 2.73. The Morgan fingerprint density at radius 3 is 2.84 bits per heavy atom. The van der Waals surface area contributed by atoms with Crippen molar-refractivity contribution in [1.29, 1.82) is 0 Å². The summed E-state index contributed by atoms with van der Waals surface area (Å²) in [6.45, 7) is 0.457. The fourth-order valence-electron chi connectivity index (χ4n) is 1.79. The Morgan fingerprint density at radius 2 is 2.11 bits per heavy atom. The van der Waals surface area contributed by atoms with Crippen LogP contribution in [0.1, 0.15) is 16.1 Å². The maximum absolute atomic E-state index is 11.0. The van der Waals surface area contributed by atoms with Crippen molar-refractivity contribution in [2.75, 3.05) is 6.79 Å². The number of aldehydes is 1. The standard InChI is InChI=1S/C14H11NO4/c16-7-10-5-13-14(19-9-18-13)6-12(10)17-8-11-3-1-2-4-15-11/h1-7H,8-9H2. The second kappa shape index (κ2) is 4.97. The van der Waals surface area contributed by atoms with Crippen LogP contribution < -0.4 is 14.2 Å². The molecular formula is C14H11NO4. The van der Waals surface area contributed by atoms with Crippen LogP contribution in [0.25, 0.3) is 0 Å². The SMILES string of the molecule is O=Cc1cc2c(cc1OCc1ccccn1)OCO2. The van der Waals surface area contributed by atoms with Crippen LogP contribution in [0.3, 0.4) is 0 Å². The summed E-state index contributed by atoms with van der Waals surface area (Å²) in [5.41, 5.74) is 1.22. The molecule has 0 saturated heterocycles. The summed E-state index contributed by atoms with van der Waals surface area (Å²) in [7, 11) is 0. The molecule has 0 aliphatic carbocycles. The van der Waals surface area contributed by atoms with Gasteiger partial charge in [-0.05, 0) is 18.2 Å². The fraction of sp³-hybridized carbons (Fsp3) is 0.143. The van der Waals surface area contributed by atoms with Gasteiger partial charge in [0.2, 0.25) is 6.79 Å². The van der Waals surface area contributed by atoms with Gasteiger partial charge in [-0.25, -0.2) is 0 Å². The molecule has 5 nitrogen and oxygen atoms in total. The van der Waals surface area contributed by atoms with Crippen LogP contribution >= 0.6 is 0 Å². The van der Waals surface area contributed by atoms with Gasteiger partial charge in [0.15, 0.2) is 17.8 Å². The van der Waals surface area contributed by atoms with Crippen molar-refractivity contribution in [2.45, 2.75) is 6.61 Å². The quantitative estimate of drug-likeness (QED) is 0.786. The lowest BCUT2D eigenvalue weighted by atomic mass is 10.2. The Labute approximate surface area is 109 Å². The molecule has 0 fully saturated rings. The van der Waals surface area contributed by atoms with Crippen molar-refractivity contribution in [3.63, 3.8) is 0 Å². The van der Waals surface area contributed by atoms with Crippen LogP contribution in [0.15, 0.2) is 36.5 Å². The lowest BCUT2D eigenvalue weighted by Crippen LogP contribution is -2.00. The summed E-state index contributed by atoms with van der Waals surface area (Å²) in [6.07, 6.45) is 2.43. The van der Waals surface area contributed by atoms with Gasteiger partial charge in [0.05, 0.1) is 11.3 Å². The minimum Gasteiger partial charge on any atom is -0.486 e. The first-order chi connectivity index (χ1) is 9.36. The van der Waals surface area contributed by atoms with Gasteiger partial charge in [-0.3, -0.25) is 9.78 Å². The summed E-state index contributed by atoms with van der Waals surface area (Å²) >= 11 is 0. The van der Waals surface area contributed by atoms with Crippen molar-refractivity contribution in [3.8, 4) is 17.2 Å². The maximum Gasteiger partial charge on any atom is 0.231 e. The normalized spacial score (nSPS) is 12.2. The minimum atomic E-state index is 0.164. The second-order valence-electron chi connectivity index (χ2n) is 3.97. The zero-order chi connectivity index (χ0) is 13.1. The maximum atomic E-state index is 11.0. The Morgan fingerprint density at radius 1 is 1.26 bits per heavy atom.